The molecular weight excluding hydrogens is 433 g/mol. The van der Waals surface area contributed by atoms with Crippen LogP contribution in [0.4, 0.5) is 0 Å². The maximum atomic E-state index is 13.0. The standard InChI is InChI=1S/C25H40BN3O5/c1-24(2)25(3,4)34-26(33-24)21(12-8-11-19-9-6-5-7-10-19)28-23(31)20(27)13-14-22(30)29-15-17-32-18-16-29/h5-7,9-10,20-21H,8,11-18,27H2,1-4H3,(H,28,31)/t20?,21-/m0/s1. The second-order valence-electron chi connectivity index (χ2n) is 10.3. The third kappa shape index (κ3) is 7.04. The molecule has 1 aromatic rings. The van der Waals surface area contributed by atoms with Gasteiger partial charge in [0, 0.05) is 19.5 Å². The average Bonchev–Trinajstić information content (AvgIpc) is 3.04. The minimum absolute atomic E-state index is 0.0110. The third-order valence-electron chi connectivity index (χ3n) is 7.12. The van der Waals surface area contributed by atoms with Crippen LogP contribution < -0.4 is 11.1 Å². The molecule has 0 saturated carbocycles. The molecule has 3 N–H and O–H groups in total. The molecule has 2 amide bonds. The summed E-state index contributed by atoms with van der Waals surface area (Å²) in [6.07, 6.45) is 2.99. The van der Waals surface area contributed by atoms with Gasteiger partial charge in [0.1, 0.15) is 0 Å². The van der Waals surface area contributed by atoms with Crippen LogP contribution in [0.2, 0.25) is 0 Å². The zero-order valence-corrected chi connectivity index (χ0v) is 21.0. The molecule has 3 rings (SSSR count). The first-order chi connectivity index (χ1) is 16.1. The number of nitrogens with two attached hydrogens (primary N) is 1. The Labute approximate surface area is 204 Å². The highest BCUT2D eigenvalue weighted by Crippen LogP contribution is 2.38. The lowest BCUT2D eigenvalue weighted by molar-refractivity contribution is -0.135. The molecule has 2 fully saturated rings. The normalized spacial score (nSPS) is 21.2. The van der Waals surface area contributed by atoms with Crippen molar-refractivity contribution in [3.05, 3.63) is 35.9 Å². The van der Waals surface area contributed by atoms with Crippen LogP contribution in [0.25, 0.3) is 0 Å². The van der Waals surface area contributed by atoms with Crippen LogP contribution in [-0.4, -0.2) is 73.3 Å². The Morgan fingerprint density at radius 3 is 2.29 bits per heavy atom. The Morgan fingerprint density at radius 1 is 1.06 bits per heavy atom. The maximum absolute atomic E-state index is 13.0. The number of morpholine rings is 1. The van der Waals surface area contributed by atoms with Gasteiger partial charge in [-0.2, -0.15) is 0 Å². The lowest BCUT2D eigenvalue weighted by Crippen LogP contribution is -2.53. The van der Waals surface area contributed by atoms with Gasteiger partial charge in [0.15, 0.2) is 0 Å². The van der Waals surface area contributed by atoms with E-state index >= 15 is 0 Å². The van der Waals surface area contributed by atoms with E-state index in [-0.39, 0.29) is 24.2 Å². The van der Waals surface area contributed by atoms with Crippen LogP contribution >= 0.6 is 0 Å². The fourth-order valence-electron chi connectivity index (χ4n) is 4.17. The Morgan fingerprint density at radius 2 is 1.68 bits per heavy atom. The summed E-state index contributed by atoms with van der Waals surface area (Å²) in [4.78, 5) is 27.2. The highest BCUT2D eigenvalue weighted by Gasteiger charge is 2.54. The number of benzene rings is 1. The summed E-state index contributed by atoms with van der Waals surface area (Å²) in [6, 6.07) is 9.49. The molecule has 2 heterocycles. The summed E-state index contributed by atoms with van der Waals surface area (Å²) in [6.45, 7) is 10.3. The molecule has 0 aliphatic carbocycles. The fourth-order valence-corrected chi connectivity index (χ4v) is 4.17. The van der Waals surface area contributed by atoms with E-state index in [4.69, 9.17) is 19.8 Å². The molecule has 188 valence electrons. The van der Waals surface area contributed by atoms with E-state index in [0.717, 1.165) is 12.8 Å². The minimum Gasteiger partial charge on any atom is -0.402 e. The van der Waals surface area contributed by atoms with Crippen molar-refractivity contribution in [3.8, 4) is 0 Å². The van der Waals surface area contributed by atoms with Gasteiger partial charge < -0.3 is 30.0 Å². The summed E-state index contributed by atoms with van der Waals surface area (Å²) in [5, 5.41) is 3.06. The van der Waals surface area contributed by atoms with E-state index in [1.54, 1.807) is 4.90 Å². The van der Waals surface area contributed by atoms with Crippen molar-refractivity contribution in [3.63, 3.8) is 0 Å². The molecule has 0 aromatic heterocycles. The Kier molecular flexibility index (Phi) is 9.15. The van der Waals surface area contributed by atoms with E-state index in [2.05, 4.69) is 17.4 Å². The molecule has 2 saturated heterocycles. The number of rotatable bonds is 10. The van der Waals surface area contributed by atoms with Crippen LogP contribution in [-0.2, 0) is 30.1 Å². The number of ether oxygens (including phenoxy) is 1. The topological polar surface area (TPSA) is 103 Å². The van der Waals surface area contributed by atoms with E-state index in [1.165, 1.54) is 5.56 Å². The second kappa shape index (κ2) is 11.7. The smallest absolute Gasteiger partial charge is 0.402 e. The maximum Gasteiger partial charge on any atom is 0.481 e. The van der Waals surface area contributed by atoms with Gasteiger partial charge >= 0.3 is 7.12 Å². The van der Waals surface area contributed by atoms with E-state index in [0.29, 0.717) is 39.1 Å². The summed E-state index contributed by atoms with van der Waals surface area (Å²) in [7, 11) is -0.563. The quantitative estimate of drug-likeness (QED) is 0.505. The first-order valence-corrected chi connectivity index (χ1v) is 12.4. The SMILES string of the molecule is CC1(C)OB([C@H](CCCc2ccccc2)NC(=O)C(N)CCC(=O)N2CCOCC2)OC1(C)C. The lowest BCUT2D eigenvalue weighted by atomic mass is 9.75. The summed E-state index contributed by atoms with van der Waals surface area (Å²) >= 11 is 0. The van der Waals surface area contributed by atoms with Gasteiger partial charge in [0.25, 0.3) is 0 Å². The molecule has 2 aliphatic heterocycles. The van der Waals surface area contributed by atoms with Crippen molar-refractivity contribution in [2.45, 2.75) is 83.0 Å². The number of nitrogens with zero attached hydrogens (tertiary/aromatic N) is 1. The number of nitrogens with one attached hydrogen (secondary N) is 1. The van der Waals surface area contributed by atoms with E-state index < -0.39 is 24.4 Å². The molecule has 2 atom stereocenters. The summed E-state index contributed by atoms with van der Waals surface area (Å²) in [5.74, 6) is -0.607. The Hall–Kier alpha value is -1.94. The van der Waals surface area contributed by atoms with Crippen LogP contribution in [0, 0.1) is 0 Å². The van der Waals surface area contributed by atoms with Crippen LogP contribution in [0.3, 0.4) is 0 Å². The lowest BCUT2D eigenvalue weighted by Gasteiger charge is -2.32. The van der Waals surface area contributed by atoms with Crippen molar-refractivity contribution in [2.24, 2.45) is 5.73 Å². The third-order valence-corrected chi connectivity index (χ3v) is 7.12. The average molecular weight is 473 g/mol. The van der Waals surface area contributed by atoms with Gasteiger partial charge in [-0.25, -0.2) is 0 Å². The molecule has 0 radical (unpaired) electrons. The highest BCUT2D eigenvalue weighted by molar-refractivity contribution is 6.48. The second-order valence-corrected chi connectivity index (χ2v) is 10.3. The highest BCUT2D eigenvalue weighted by atomic mass is 16.7. The van der Waals surface area contributed by atoms with Crippen molar-refractivity contribution >= 4 is 18.9 Å². The molecule has 1 unspecified atom stereocenters. The van der Waals surface area contributed by atoms with E-state index in [1.807, 2.05) is 45.9 Å². The van der Waals surface area contributed by atoms with Crippen molar-refractivity contribution in [1.29, 1.82) is 0 Å². The van der Waals surface area contributed by atoms with Gasteiger partial charge in [-0.05, 0) is 58.9 Å². The molecule has 0 spiro atoms. The summed E-state index contributed by atoms with van der Waals surface area (Å²) < 4.78 is 17.8. The monoisotopic (exact) mass is 473 g/mol. The predicted octanol–water partition coefficient (Wildman–Crippen LogP) is 2.09. The molecular formula is C25H40BN3O5. The zero-order valence-electron chi connectivity index (χ0n) is 21.0. The van der Waals surface area contributed by atoms with Crippen LogP contribution in [0.15, 0.2) is 30.3 Å². The Bertz CT molecular complexity index is 798. The van der Waals surface area contributed by atoms with Gasteiger partial charge in [-0.15, -0.1) is 0 Å². The number of amides is 2. The molecule has 8 nitrogen and oxygen atoms in total. The Balaban J connectivity index is 1.56. The number of aryl methyl sites for hydroxylation is 1. The van der Waals surface area contributed by atoms with Crippen LogP contribution in [0.5, 0.6) is 0 Å². The zero-order chi connectivity index (χ0) is 24.8. The van der Waals surface area contributed by atoms with E-state index in [9.17, 15) is 9.59 Å². The molecule has 0 bridgehead atoms. The van der Waals surface area contributed by atoms with Gasteiger partial charge in [-0.3, -0.25) is 9.59 Å². The number of carbonyl (C=O) groups excluding carboxylic acids is 2. The van der Waals surface area contributed by atoms with Gasteiger partial charge in [0.05, 0.1) is 36.4 Å². The molecule has 1 aromatic carbocycles. The first-order valence-electron chi connectivity index (χ1n) is 12.4. The largest absolute Gasteiger partial charge is 0.481 e. The van der Waals surface area contributed by atoms with Gasteiger partial charge in [0.2, 0.25) is 11.8 Å². The molecule has 34 heavy (non-hydrogen) atoms. The molecule has 2 aliphatic rings. The number of hydrogen-bond donors (Lipinski definition) is 2. The number of hydrogen-bond acceptors (Lipinski definition) is 6. The van der Waals surface area contributed by atoms with Crippen molar-refractivity contribution < 1.29 is 23.6 Å². The van der Waals surface area contributed by atoms with Crippen LogP contribution in [0.1, 0.15) is 58.9 Å². The van der Waals surface area contributed by atoms with Crippen molar-refractivity contribution in [1.82, 2.24) is 10.2 Å². The first kappa shape index (κ1) is 26.7. The number of carbonyl (C=O) groups is 2. The summed E-state index contributed by atoms with van der Waals surface area (Å²) in [5.41, 5.74) is 6.44. The van der Waals surface area contributed by atoms with Gasteiger partial charge in [-0.1, -0.05) is 30.3 Å². The molecule has 9 heteroatoms. The minimum atomic E-state index is -0.774. The van der Waals surface area contributed by atoms with Crippen molar-refractivity contribution in [2.75, 3.05) is 26.3 Å². The predicted molar refractivity (Wildman–Crippen MR) is 132 cm³/mol. The fraction of sp³-hybridized carbons (Fsp3) is 0.680.